The Morgan fingerprint density at radius 3 is 2.68 bits per heavy atom. The molecule has 2 aromatic rings. The lowest BCUT2D eigenvalue weighted by molar-refractivity contribution is 0.344. The summed E-state index contributed by atoms with van der Waals surface area (Å²) in [5, 5.41) is 0.692. The molecule has 1 heterocycles. The first-order valence-electron chi connectivity index (χ1n) is 5.76. The predicted molar refractivity (Wildman–Crippen MR) is 81.5 cm³/mol. The van der Waals surface area contributed by atoms with E-state index >= 15 is 0 Å². The molecule has 6 heteroatoms. The second-order valence-electron chi connectivity index (χ2n) is 3.87. The van der Waals surface area contributed by atoms with E-state index in [-0.39, 0.29) is 0 Å². The highest BCUT2D eigenvalue weighted by Crippen LogP contribution is 2.18. The number of hydrogen-bond donors (Lipinski definition) is 1. The molecule has 0 amide bonds. The summed E-state index contributed by atoms with van der Waals surface area (Å²) in [4.78, 5) is 8.46. The molecule has 0 fully saturated rings. The van der Waals surface area contributed by atoms with Crippen LogP contribution in [0.25, 0.3) is 0 Å². The molecule has 0 aliphatic carbocycles. The van der Waals surface area contributed by atoms with E-state index in [1.54, 1.807) is 6.07 Å². The maximum atomic E-state index is 5.67. The molecule has 2 N–H and O–H groups in total. The Kier molecular flexibility index (Phi) is 5.04. The summed E-state index contributed by atoms with van der Waals surface area (Å²) in [6.45, 7) is 2.50. The van der Waals surface area contributed by atoms with E-state index in [4.69, 9.17) is 10.5 Å². The smallest absolute Gasteiger partial charge is 0.189 e. The van der Waals surface area contributed by atoms with Crippen LogP contribution in [-0.4, -0.2) is 22.3 Å². The van der Waals surface area contributed by atoms with Gasteiger partial charge >= 0.3 is 0 Å². The Labute approximate surface area is 124 Å². The van der Waals surface area contributed by atoms with Gasteiger partial charge in [-0.15, -0.1) is 0 Å². The van der Waals surface area contributed by atoms with E-state index in [0.29, 0.717) is 17.6 Å². The molecule has 0 atom stereocenters. The van der Waals surface area contributed by atoms with Crippen LogP contribution in [0.15, 0.2) is 40.0 Å². The number of anilines is 1. The number of nitrogens with zero attached hydrogens (tertiary/aromatic N) is 2. The van der Waals surface area contributed by atoms with Crippen LogP contribution in [0.1, 0.15) is 5.69 Å². The summed E-state index contributed by atoms with van der Waals surface area (Å²) in [7, 11) is 0. The van der Waals surface area contributed by atoms with Crippen molar-refractivity contribution < 1.29 is 4.74 Å². The highest BCUT2D eigenvalue weighted by atomic mass is 79.9. The Hall–Kier alpha value is -1.27. The molecule has 0 aliphatic rings. The molecule has 2 rings (SSSR count). The van der Waals surface area contributed by atoms with Crippen molar-refractivity contribution in [1.29, 1.82) is 0 Å². The summed E-state index contributed by atoms with van der Waals surface area (Å²) >= 11 is 4.92. The number of ether oxygens (including phenoxy) is 1. The molecule has 0 unspecified atom stereocenters. The van der Waals surface area contributed by atoms with Crippen molar-refractivity contribution in [2.45, 2.75) is 12.1 Å². The van der Waals surface area contributed by atoms with E-state index in [1.807, 2.05) is 31.2 Å². The zero-order valence-corrected chi connectivity index (χ0v) is 12.9. The minimum Gasteiger partial charge on any atom is -0.493 e. The van der Waals surface area contributed by atoms with Gasteiger partial charge in [0.15, 0.2) is 5.16 Å². The van der Waals surface area contributed by atoms with Crippen LogP contribution >= 0.6 is 27.7 Å². The van der Waals surface area contributed by atoms with Gasteiger partial charge in [0.2, 0.25) is 0 Å². The van der Waals surface area contributed by atoms with Crippen LogP contribution in [-0.2, 0) is 0 Å². The van der Waals surface area contributed by atoms with Crippen LogP contribution in [0, 0.1) is 6.92 Å². The summed E-state index contributed by atoms with van der Waals surface area (Å²) in [6.07, 6.45) is 0. The third-order valence-corrected chi connectivity index (χ3v) is 3.59. The van der Waals surface area contributed by atoms with Crippen molar-refractivity contribution in [2.24, 2.45) is 0 Å². The molecule has 100 valence electrons. The van der Waals surface area contributed by atoms with E-state index < -0.39 is 0 Å². The molecule has 1 aromatic carbocycles. The lowest BCUT2D eigenvalue weighted by Crippen LogP contribution is -2.02. The zero-order chi connectivity index (χ0) is 13.7. The van der Waals surface area contributed by atoms with Gasteiger partial charge in [0.25, 0.3) is 0 Å². The number of benzene rings is 1. The molecular weight excluding hydrogens is 326 g/mol. The summed E-state index contributed by atoms with van der Waals surface area (Å²) < 4.78 is 6.65. The van der Waals surface area contributed by atoms with Gasteiger partial charge in [-0.05, 0) is 31.2 Å². The van der Waals surface area contributed by atoms with Crippen molar-refractivity contribution in [2.75, 3.05) is 18.1 Å². The van der Waals surface area contributed by atoms with Gasteiger partial charge in [-0.2, -0.15) is 0 Å². The van der Waals surface area contributed by atoms with Crippen molar-refractivity contribution in [3.8, 4) is 5.75 Å². The first-order valence-corrected chi connectivity index (χ1v) is 7.53. The minimum atomic E-state index is 0.504. The predicted octanol–water partition coefficient (Wildman–Crippen LogP) is 3.30. The SMILES string of the molecule is Cc1cc(N)nc(SCCOc2ccc(Br)cc2)n1. The zero-order valence-electron chi connectivity index (χ0n) is 10.5. The minimum absolute atomic E-state index is 0.504. The lowest BCUT2D eigenvalue weighted by atomic mass is 10.3. The first-order chi connectivity index (χ1) is 9.13. The maximum Gasteiger partial charge on any atom is 0.189 e. The molecule has 0 spiro atoms. The lowest BCUT2D eigenvalue weighted by Gasteiger charge is -2.06. The molecule has 4 nitrogen and oxygen atoms in total. The number of nitrogen functional groups attached to an aromatic ring is 1. The first kappa shape index (κ1) is 14.1. The van der Waals surface area contributed by atoms with Crippen LogP contribution < -0.4 is 10.5 Å². The molecule has 0 radical (unpaired) electrons. The maximum absolute atomic E-state index is 5.67. The third-order valence-electron chi connectivity index (χ3n) is 2.25. The van der Waals surface area contributed by atoms with Gasteiger partial charge < -0.3 is 10.5 Å². The molecule has 0 saturated heterocycles. The largest absolute Gasteiger partial charge is 0.493 e. The molecule has 1 aromatic heterocycles. The Bertz CT molecular complexity index is 528. The fourth-order valence-corrected chi connectivity index (χ4v) is 2.44. The highest BCUT2D eigenvalue weighted by Gasteiger charge is 2.01. The number of aryl methyl sites for hydroxylation is 1. The van der Waals surface area contributed by atoms with E-state index in [1.165, 1.54) is 11.8 Å². The van der Waals surface area contributed by atoms with Crippen LogP contribution in [0.4, 0.5) is 5.82 Å². The van der Waals surface area contributed by atoms with Crippen LogP contribution in [0.2, 0.25) is 0 Å². The number of rotatable bonds is 5. The second kappa shape index (κ2) is 6.77. The van der Waals surface area contributed by atoms with Gasteiger partial charge in [-0.3, -0.25) is 0 Å². The Morgan fingerprint density at radius 2 is 2.00 bits per heavy atom. The molecular formula is C13H14BrN3OS. The standard InChI is InChI=1S/C13H14BrN3OS/c1-9-8-12(15)17-13(16-9)19-7-6-18-11-4-2-10(14)3-5-11/h2-5,8H,6-7H2,1H3,(H2,15,16,17). The second-order valence-corrected chi connectivity index (χ2v) is 5.85. The molecule has 19 heavy (non-hydrogen) atoms. The molecule has 0 aliphatic heterocycles. The number of nitrogens with two attached hydrogens (primary N) is 1. The summed E-state index contributed by atoms with van der Waals surface area (Å²) in [6, 6.07) is 9.51. The van der Waals surface area contributed by atoms with Gasteiger partial charge in [0, 0.05) is 22.0 Å². The number of thioether (sulfide) groups is 1. The average Bonchev–Trinajstić information content (AvgIpc) is 2.36. The normalized spacial score (nSPS) is 10.4. The summed E-state index contributed by atoms with van der Waals surface area (Å²) in [5.74, 6) is 2.14. The van der Waals surface area contributed by atoms with Crippen LogP contribution in [0.5, 0.6) is 5.75 Å². The monoisotopic (exact) mass is 339 g/mol. The van der Waals surface area contributed by atoms with Gasteiger partial charge in [0.1, 0.15) is 11.6 Å². The van der Waals surface area contributed by atoms with Gasteiger partial charge in [-0.25, -0.2) is 9.97 Å². The van der Waals surface area contributed by atoms with Crippen molar-refractivity contribution >= 4 is 33.5 Å². The summed E-state index contributed by atoms with van der Waals surface area (Å²) in [5.41, 5.74) is 6.55. The van der Waals surface area contributed by atoms with Crippen LogP contribution in [0.3, 0.4) is 0 Å². The number of hydrogen-bond acceptors (Lipinski definition) is 5. The Balaban J connectivity index is 1.79. The topological polar surface area (TPSA) is 61.0 Å². The van der Waals surface area contributed by atoms with E-state index in [9.17, 15) is 0 Å². The average molecular weight is 340 g/mol. The highest BCUT2D eigenvalue weighted by molar-refractivity contribution is 9.10. The van der Waals surface area contributed by atoms with Crippen molar-refractivity contribution in [3.63, 3.8) is 0 Å². The van der Waals surface area contributed by atoms with E-state index in [0.717, 1.165) is 21.7 Å². The van der Waals surface area contributed by atoms with Gasteiger partial charge in [0.05, 0.1) is 6.61 Å². The van der Waals surface area contributed by atoms with Crippen molar-refractivity contribution in [3.05, 3.63) is 40.5 Å². The van der Waals surface area contributed by atoms with Gasteiger partial charge in [-0.1, -0.05) is 27.7 Å². The number of aromatic nitrogens is 2. The number of halogens is 1. The van der Waals surface area contributed by atoms with Crippen molar-refractivity contribution in [1.82, 2.24) is 9.97 Å². The fraction of sp³-hybridized carbons (Fsp3) is 0.231. The third kappa shape index (κ3) is 4.72. The Morgan fingerprint density at radius 1 is 1.26 bits per heavy atom. The molecule has 0 bridgehead atoms. The van der Waals surface area contributed by atoms with E-state index in [2.05, 4.69) is 25.9 Å². The quantitative estimate of drug-likeness (QED) is 0.514. The molecule has 0 saturated carbocycles. The fourth-order valence-electron chi connectivity index (χ4n) is 1.45.